The van der Waals surface area contributed by atoms with Crippen LogP contribution < -0.4 is 5.32 Å². The molecule has 0 spiro atoms. The smallest absolute Gasteiger partial charge is 0.283 e. The predicted octanol–water partition coefficient (Wildman–Crippen LogP) is 1.61. The zero-order chi connectivity index (χ0) is 18.3. The highest BCUT2D eigenvalue weighted by Gasteiger charge is 2.27. The van der Waals surface area contributed by atoms with Crippen molar-refractivity contribution >= 4 is 17.5 Å². The Hall–Kier alpha value is -3.15. The van der Waals surface area contributed by atoms with Crippen LogP contribution in [0.5, 0.6) is 0 Å². The summed E-state index contributed by atoms with van der Waals surface area (Å²) in [7, 11) is 1.58. The predicted molar refractivity (Wildman–Crippen MR) is 93.7 cm³/mol. The summed E-state index contributed by atoms with van der Waals surface area (Å²) in [6.07, 6.45) is 6.77. The van der Waals surface area contributed by atoms with E-state index >= 15 is 0 Å². The SMILES string of the molecule is C#CNC(=O)c1ncn2c1Cn1c(COC)nnc1-c1cc(Cl)ccc1-2. The van der Waals surface area contributed by atoms with Crippen molar-refractivity contribution in [1.29, 1.82) is 0 Å². The van der Waals surface area contributed by atoms with Crippen LogP contribution in [0.4, 0.5) is 0 Å². The van der Waals surface area contributed by atoms with E-state index in [1.54, 1.807) is 19.5 Å². The van der Waals surface area contributed by atoms with Crippen LogP contribution in [-0.2, 0) is 17.9 Å². The largest absolute Gasteiger partial charge is 0.377 e. The Morgan fingerprint density at radius 3 is 3.08 bits per heavy atom. The molecule has 0 saturated carbocycles. The zero-order valence-corrected chi connectivity index (χ0v) is 14.5. The Balaban J connectivity index is 1.99. The molecule has 2 aromatic heterocycles. The number of nitrogens with one attached hydrogen (secondary N) is 1. The van der Waals surface area contributed by atoms with Crippen molar-refractivity contribution in [3.8, 4) is 29.5 Å². The van der Waals surface area contributed by atoms with Crippen LogP contribution in [-0.4, -0.2) is 37.3 Å². The number of carbonyl (C=O) groups excluding carboxylic acids is 1. The Morgan fingerprint density at radius 2 is 2.31 bits per heavy atom. The van der Waals surface area contributed by atoms with E-state index in [4.69, 9.17) is 22.8 Å². The van der Waals surface area contributed by atoms with Crippen molar-refractivity contribution in [1.82, 2.24) is 29.6 Å². The molecule has 1 aliphatic heterocycles. The molecular weight excluding hydrogens is 356 g/mol. The number of terminal acetylenes is 1. The maximum Gasteiger partial charge on any atom is 0.283 e. The van der Waals surface area contributed by atoms with Gasteiger partial charge in [-0.2, -0.15) is 0 Å². The van der Waals surface area contributed by atoms with Crippen LogP contribution in [0.2, 0.25) is 5.02 Å². The van der Waals surface area contributed by atoms with Gasteiger partial charge in [-0.3, -0.25) is 14.7 Å². The van der Waals surface area contributed by atoms with Gasteiger partial charge in [0.15, 0.2) is 17.3 Å². The number of ether oxygens (including phenoxy) is 1. The quantitative estimate of drug-likeness (QED) is 0.438. The normalized spacial score (nSPS) is 11.7. The van der Waals surface area contributed by atoms with Crippen LogP contribution in [0.3, 0.4) is 0 Å². The van der Waals surface area contributed by atoms with Gasteiger partial charge in [-0.15, -0.1) is 10.2 Å². The van der Waals surface area contributed by atoms with Gasteiger partial charge >= 0.3 is 0 Å². The van der Waals surface area contributed by atoms with E-state index in [2.05, 4.69) is 26.5 Å². The van der Waals surface area contributed by atoms with Crippen LogP contribution in [0, 0.1) is 12.5 Å². The van der Waals surface area contributed by atoms with E-state index in [-0.39, 0.29) is 12.3 Å². The lowest BCUT2D eigenvalue weighted by molar-refractivity contribution is 0.0968. The fourth-order valence-electron chi connectivity index (χ4n) is 3.03. The molecular formula is C17H13ClN6O2. The molecule has 0 aliphatic carbocycles. The van der Waals surface area contributed by atoms with E-state index in [0.717, 1.165) is 11.3 Å². The fourth-order valence-corrected chi connectivity index (χ4v) is 3.20. The average molecular weight is 369 g/mol. The molecule has 1 aliphatic rings. The van der Waals surface area contributed by atoms with Gasteiger partial charge in [-0.25, -0.2) is 4.98 Å². The Labute approximate surface area is 153 Å². The number of benzene rings is 1. The molecule has 130 valence electrons. The Morgan fingerprint density at radius 1 is 1.46 bits per heavy atom. The summed E-state index contributed by atoms with van der Waals surface area (Å²) in [5.41, 5.74) is 2.49. The minimum Gasteiger partial charge on any atom is -0.377 e. The van der Waals surface area contributed by atoms with Gasteiger partial charge in [-0.05, 0) is 18.2 Å². The van der Waals surface area contributed by atoms with E-state index in [1.165, 1.54) is 0 Å². The van der Waals surface area contributed by atoms with Crippen molar-refractivity contribution in [3.63, 3.8) is 0 Å². The molecule has 0 saturated heterocycles. The number of halogens is 1. The fraction of sp³-hybridized carbons (Fsp3) is 0.176. The second-order valence-electron chi connectivity index (χ2n) is 5.63. The van der Waals surface area contributed by atoms with Crippen LogP contribution in [0.1, 0.15) is 22.0 Å². The molecule has 8 nitrogen and oxygen atoms in total. The van der Waals surface area contributed by atoms with Gasteiger partial charge < -0.3 is 9.30 Å². The maximum atomic E-state index is 12.3. The number of rotatable bonds is 3. The summed E-state index contributed by atoms with van der Waals surface area (Å²) in [6, 6.07) is 7.57. The first-order chi connectivity index (χ1) is 12.6. The molecule has 26 heavy (non-hydrogen) atoms. The molecule has 0 bridgehead atoms. The third-order valence-corrected chi connectivity index (χ3v) is 4.37. The Bertz CT molecular complexity index is 1060. The Kier molecular flexibility index (Phi) is 3.95. The molecule has 4 rings (SSSR count). The average Bonchev–Trinajstić information content (AvgIpc) is 3.18. The van der Waals surface area contributed by atoms with Crippen LogP contribution >= 0.6 is 11.6 Å². The van der Waals surface area contributed by atoms with Crippen molar-refractivity contribution in [2.75, 3.05) is 7.11 Å². The van der Waals surface area contributed by atoms with Gasteiger partial charge in [0.2, 0.25) is 0 Å². The number of nitrogens with zero attached hydrogens (tertiary/aromatic N) is 5. The number of hydrogen-bond donors (Lipinski definition) is 1. The maximum absolute atomic E-state index is 12.3. The highest BCUT2D eigenvalue weighted by atomic mass is 35.5. The third kappa shape index (κ3) is 2.45. The molecule has 1 aromatic carbocycles. The van der Waals surface area contributed by atoms with Gasteiger partial charge in [0, 0.05) is 23.7 Å². The van der Waals surface area contributed by atoms with E-state index in [9.17, 15) is 4.79 Å². The molecule has 0 fully saturated rings. The standard InChI is InChI=1S/C17H13ClN6O2/c1-3-19-17(25)15-13-7-23-14(8-26-2)21-22-16(23)11-6-10(18)4-5-12(11)24(13)9-20-15/h1,4-6,9H,7-8H2,2H3,(H,19,25). The number of imidazole rings is 1. The number of fused-ring (bicyclic) bond motifs is 5. The summed E-state index contributed by atoms with van der Waals surface area (Å²) in [5, 5.41) is 11.4. The molecule has 0 radical (unpaired) electrons. The van der Waals surface area contributed by atoms with Crippen molar-refractivity contribution < 1.29 is 9.53 Å². The first-order valence-corrected chi connectivity index (χ1v) is 8.05. The number of hydrogen-bond acceptors (Lipinski definition) is 5. The number of carbonyl (C=O) groups is 1. The van der Waals surface area contributed by atoms with Crippen LogP contribution in [0.15, 0.2) is 24.5 Å². The lowest BCUT2D eigenvalue weighted by Crippen LogP contribution is -2.21. The molecule has 9 heteroatoms. The lowest BCUT2D eigenvalue weighted by atomic mass is 10.1. The second kappa shape index (κ2) is 6.29. The van der Waals surface area contributed by atoms with E-state index < -0.39 is 5.91 Å². The van der Waals surface area contributed by atoms with Gasteiger partial charge in [-0.1, -0.05) is 18.0 Å². The molecule has 0 atom stereocenters. The van der Waals surface area contributed by atoms with Crippen molar-refractivity contribution in [2.45, 2.75) is 13.2 Å². The summed E-state index contributed by atoms with van der Waals surface area (Å²) >= 11 is 6.20. The van der Waals surface area contributed by atoms with E-state index in [0.29, 0.717) is 28.9 Å². The van der Waals surface area contributed by atoms with Gasteiger partial charge in [0.1, 0.15) is 12.9 Å². The first-order valence-electron chi connectivity index (χ1n) is 7.67. The highest BCUT2D eigenvalue weighted by molar-refractivity contribution is 6.31. The van der Waals surface area contributed by atoms with Crippen molar-refractivity contribution in [3.05, 3.63) is 46.8 Å². The first kappa shape index (κ1) is 16.3. The zero-order valence-electron chi connectivity index (χ0n) is 13.7. The molecule has 0 unspecified atom stereocenters. The van der Waals surface area contributed by atoms with Gasteiger partial charge in [0.25, 0.3) is 5.91 Å². The minimum absolute atomic E-state index is 0.244. The highest BCUT2D eigenvalue weighted by Crippen LogP contribution is 2.34. The summed E-state index contributed by atoms with van der Waals surface area (Å²) in [5.74, 6) is 0.828. The molecule has 1 N–H and O–H groups in total. The second-order valence-corrected chi connectivity index (χ2v) is 6.07. The molecule has 3 aromatic rings. The van der Waals surface area contributed by atoms with Crippen molar-refractivity contribution in [2.24, 2.45) is 0 Å². The molecule has 3 heterocycles. The van der Waals surface area contributed by atoms with E-state index in [1.807, 2.05) is 21.3 Å². The minimum atomic E-state index is -0.443. The van der Waals surface area contributed by atoms with Gasteiger partial charge in [0.05, 0.1) is 17.9 Å². The number of methoxy groups -OCH3 is 1. The topological polar surface area (TPSA) is 86.9 Å². The summed E-state index contributed by atoms with van der Waals surface area (Å²) < 4.78 is 8.93. The third-order valence-electron chi connectivity index (χ3n) is 4.13. The lowest BCUT2D eigenvalue weighted by Gasteiger charge is -2.09. The van der Waals surface area contributed by atoms with Crippen LogP contribution in [0.25, 0.3) is 17.1 Å². The summed E-state index contributed by atoms with van der Waals surface area (Å²) in [6.45, 7) is 0.615. The summed E-state index contributed by atoms with van der Waals surface area (Å²) in [4.78, 5) is 16.6. The number of amides is 1. The molecule has 1 amide bonds. The number of aromatic nitrogens is 5. The monoisotopic (exact) mass is 368 g/mol.